The molecule has 0 bridgehead atoms. The summed E-state index contributed by atoms with van der Waals surface area (Å²) in [7, 11) is -1.70. The van der Waals surface area contributed by atoms with E-state index in [4.69, 9.17) is 9.97 Å². The van der Waals surface area contributed by atoms with Crippen LogP contribution in [0.25, 0.3) is 67.3 Å². The number of aromatic nitrogens is 2. The number of nitrogens with zero attached hydrogens (tertiary/aromatic N) is 2. The second-order valence-electron chi connectivity index (χ2n) is 12.8. The number of hydrogen-bond acceptors (Lipinski definition) is 2. The van der Waals surface area contributed by atoms with Crippen molar-refractivity contribution in [1.82, 2.24) is 9.97 Å². The van der Waals surface area contributed by atoms with E-state index >= 15 is 0 Å². The van der Waals surface area contributed by atoms with Gasteiger partial charge in [0.1, 0.15) is 0 Å². The maximum Gasteiger partial charge on any atom is 0.0776 e. The van der Waals surface area contributed by atoms with Gasteiger partial charge in [0, 0.05) is 22.3 Å². The molecular weight excluding hydrogens is 573 g/mol. The van der Waals surface area contributed by atoms with Gasteiger partial charge >= 0.3 is 0 Å². The van der Waals surface area contributed by atoms with Crippen molar-refractivity contribution in [2.24, 2.45) is 0 Å². The van der Waals surface area contributed by atoms with Gasteiger partial charge in [-0.3, -0.25) is 0 Å². The highest BCUT2D eigenvalue weighted by molar-refractivity contribution is 6.88. The summed E-state index contributed by atoms with van der Waals surface area (Å²) in [4.78, 5) is 10.3. The second kappa shape index (κ2) is 12.5. The highest BCUT2D eigenvalue weighted by Gasteiger charge is 2.20. The van der Waals surface area contributed by atoms with Crippen LogP contribution < -0.4 is 5.19 Å². The van der Waals surface area contributed by atoms with Gasteiger partial charge < -0.3 is 0 Å². The highest BCUT2D eigenvalue weighted by atomic mass is 28.3. The van der Waals surface area contributed by atoms with Gasteiger partial charge in [-0.25, -0.2) is 9.97 Å². The third-order valence-corrected chi connectivity index (χ3v) is 10.4. The summed E-state index contributed by atoms with van der Waals surface area (Å²) in [6.07, 6.45) is 0. The van der Waals surface area contributed by atoms with Crippen LogP contribution in [0, 0.1) is 0 Å². The lowest BCUT2D eigenvalue weighted by Crippen LogP contribution is -2.37. The minimum atomic E-state index is -1.70. The van der Waals surface area contributed by atoms with Crippen LogP contribution in [-0.2, 0) is 0 Å². The summed E-state index contributed by atoms with van der Waals surface area (Å²) in [5.74, 6) is 0. The molecule has 2 aromatic heterocycles. The quantitative estimate of drug-likeness (QED) is 0.168. The van der Waals surface area contributed by atoms with E-state index in [0.717, 1.165) is 56.2 Å². The smallest absolute Gasteiger partial charge is 0.0776 e. The first-order chi connectivity index (χ1) is 22.4. The maximum atomic E-state index is 5.14. The average Bonchev–Trinajstić information content (AvgIpc) is 3.12. The van der Waals surface area contributed by atoms with Crippen LogP contribution in [0.4, 0.5) is 0 Å². The van der Waals surface area contributed by atoms with Crippen molar-refractivity contribution >= 4 is 13.3 Å². The molecule has 0 amide bonds. The van der Waals surface area contributed by atoms with E-state index in [9.17, 15) is 0 Å². The Morgan fingerprint density at radius 3 is 0.826 bits per heavy atom. The summed E-state index contributed by atoms with van der Waals surface area (Å²) in [5, 5.41) is 1.42. The van der Waals surface area contributed by atoms with Crippen molar-refractivity contribution in [3.05, 3.63) is 164 Å². The zero-order chi connectivity index (χ0) is 31.5. The Morgan fingerprint density at radius 2 is 0.565 bits per heavy atom. The third kappa shape index (κ3) is 6.37. The molecule has 2 heterocycles. The average molecular weight is 609 g/mol. The summed E-state index contributed by atoms with van der Waals surface area (Å²) in [6.45, 7) is 7.26. The first-order valence-electron chi connectivity index (χ1n) is 15.8. The number of benzene rings is 5. The molecule has 0 N–H and O–H groups in total. The fourth-order valence-corrected chi connectivity index (χ4v) is 6.99. The molecular formula is C43H36N2Si. The summed E-state index contributed by atoms with van der Waals surface area (Å²) >= 11 is 0. The molecule has 0 aliphatic rings. The Balaban J connectivity index is 1.45. The normalized spacial score (nSPS) is 11.4. The van der Waals surface area contributed by atoms with Gasteiger partial charge in [0.2, 0.25) is 0 Å². The molecule has 0 aliphatic carbocycles. The zero-order valence-corrected chi connectivity index (χ0v) is 27.5. The minimum Gasteiger partial charge on any atom is -0.248 e. The van der Waals surface area contributed by atoms with E-state index in [1.54, 1.807) is 0 Å². The van der Waals surface area contributed by atoms with E-state index in [-0.39, 0.29) is 0 Å². The van der Waals surface area contributed by atoms with Crippen LogP contribution in [0.3, 0.4) is 0 Å². The molecule has 3 heteroatoms. The lowest BCUT2D eigenvalue weighted by atomic mass is 9.95. The lowest BCUT2D eigenvalue weighted by molar-refractivity contribution is 1.32. The standard InChI is InChI=1S/C43H36N2Si/c1-46(2,3)39-25-35(37-27-40(31-16-8-4-9-17-31)44-41(28-37)32-18-10-5-11-19-32)24-36(26-39)38-29-42(33-20-12-6-13-21-33)45-43(30-38)34-22-14-7-15-23-34/h4-30H,1-3H3. The molecule has 7 rings (SSSR count). The molecule has 0 spiro atoms. The summed E-state index contributed by atoms with van der Waals surface area (Å²) in [5.41, 5.74) is 13.0. The largest absolute Gasteiger partial charge is 0.248 e. The van der Waals surface area contributed by atoms with E-state index in [0.29, 0.717) is 0 Å². The van der Waals surface area contributed by atoms with Crippen LogP contribution in [0.15, 0.2) is 164 Å². The van der Waals surface area contributed by atoms with Crippen molar-refractivity contribution in [2.75, 3.05) is 0 Å². The summed E-state index contributed by atoms with van der Waals surface area (Å²) < 4.78 is 0. The first-order valence-corrected chi connectivity index (χ1v) is 19.3. The molecule has 5 aromatic carbocycles. The minimum absolute atomic E-state index is 0.971. The molecule has 0 saturated carbocycles. The molecule has 7 aromatic rings. The van der Waals surface area contributed by atoms with Crippen LogP contribution >= 0.6 is 0 Å². The van der Waals surface area contributed by atoms with Gasteiger partial charge in [0.15, 0.2) is 0 Å². The first kappa shape index (κ1) is 29.3. The third-order valence-electron chi connectivity index (χ3n) is 8.39. The van der Waals surface area contributed by atoms with Crippen molar-refractivity contribution < 1.29 is 0 Å². The zero-order valence-electron chi connectivity index (χ0n) is 26.5. The Hall–Kier alpha value is -5.38. The van der Waals surface area contributed by atoms with Gasteiger partial charge in [0.05, 0.1) is 30.8 Å². The van der Waals surface area contributed by atoms with Crippen molar-refractivity contribution in [2.45, 2.75) is 19.6 Å². The van der Waals surface area contributed by atoms with Gasteiger partial charge in [-0.2, -0.15) is 0 Å². The van der Waals surface area contributed by atoms with Gasteiger partial charge in [-0.05, 0) is 52.6 Å². The van der Waals surface area contributed by atoms with Gasteiger partial charge in [0.25, 0.3) is 0 Å². The van der Waals surface area contributed by atoms with E-state index < -0.39 is 8.07 Å². The van der Waals surface area contributed by atoms with E-state index in [1.807, 2.05) is 0 Å². The molecule has 46 heavy (non-hydrogen) atoms. The highest BCUT2D eigenvalue weighted by Crippen LogP contribution is 2.35. The topological polar surface area (TPSA) is 25.8 Å². The molecule has 0 atom stereocenters. The van der Waals surface area contributed by atoms with Crippen LogP contribution in [0.5, 0.6) is 0 Å². The fraction of sp³-hybridized carbons (Fsp3) is 0.0698. The number of rotatable bonds is 7. The van der Waals surface area contributed by atoms with Gasteiger partial charge in [-0.15, -0.1) is 0 Å². The number of pyridine rings is 2. The van der Waals surface area contributed by atoms with E-state index in [1.165, 1.54) is 16.3 Å². The van der Waals surface area contributed by atoms with Crippen molar-refractivity contribution in [3.63, 3.8) is 0 Å². The van der Waals surface area contributed by atoms with Crippen molar-refractivity contribution in [3.8, 4) is 67.3 Å². The van der Waals surface area contributed by atoms with Crippen molar-refractivity contribution in [1.29, 1.82) is 0 Å². The molecule has 2 nitrogen and oxygen atoms in total. The van der Waals surface area contributed by atoms with Gasteiger partial charge in [-0.1, -0.05) is 158 Å². The monoisotopic (exact) mass is 608 g/mol. The predicted molar refractivity (Wildman–Crippen MR) is 198 cm³/mol. The van der Waals surface area contributed by atoms with Crippen LogP contribution in [0.1, 0.15) is 0 Å². The summed E-state index contributed by atoms with van der Waals surface area (Å²) in [6, 6.07) is 58.1. The molecule has 0 aliphatic heterocycles. The van der Waals surface area contributed by atoms with Crippen LogP contribution in [0.2, 0.25) is 19.6 Å². The Morgan fingerprint density at radius 1 is 0.304 bits per heavy atom. The molecule has 0 radical (unpaired) electrons. The SMILES string of the molecule is C[Si](C)(C)c1cc(-c2cc(-c3ccccc3)nc(-c3ccccc3)c2)cc(-c2cc(-c3ccccc3)nc(-c3ccccc3)c2)c1. The lowest BCUT2D eigenvalue weighted by Gasteiger charge is -2.21. The molecule has 0 unspecified atom stereocenters. The van der Waals surface area contributed by atoms with Crippen LogP contribution in [-0.4, -0.2) is 18.0 Å². The Bertz CT molecular complexity index is 1840. The molecule has 0 fully saturated rings. The Labute approximate surface area is 273 Å². The Kier molecular flexibility index (Phi) is 8.00. The predicted octanol–water partition coefficient (Wildman–Crippen LogP) is 11.0. The molecule has 0 saturated heterocycles. The second-order valence-corrected chi connectivity index (χ2v) is 17.8. The maximum absolute atomic E-state index is 5.14. The number of hydrogen-bond donors (Lipinski definition) is 0. The molecule has 222 valence electrons. The van der Waals surface area contributed by atoms with E-state index in [2.05, 4.69) is 183 Å². The fourth-order valence-electron chi connectivity index (χ4n) is 5.82.